The summed E-state index contributed by atoms with van der Waals surface area (Å²) >= 11 is 0. The van der Waals surface area contributed by atoms with E-state index in [-0.39, 0.29) is 11.8 Å². The van der Waals surface area contributed by atoms with Crippen molar-refractivity contribution in [2.45, 2.75) is 46.1 Å². The Bertz CT molecular complexity index is 867. The van der Waals surface area contributed by atoms with Gasteiger partial charge in [0.1, 0.15) is 0 Å². The van der Waals surface area contributed by atoms with Gasteiger partial charge in [0.2, 0.25) is 5.91 Å². The van der Waals surface area contributed by atoms with Crippen molar-refractivity contribution in [3.63, 3.8) is 0 Å². The van der Waals surface area contributed by atoms with Gasteiger partial charge in [-0.25, -0.2) is 0 Å². The van der Waals surface area contributed by atoms with E-state index in [1.54, 1.807) is 12.4 Å². The third-order valence-corrected chi connectivity index (χ3v) is 5.06. The Kier molecular flexibility index (Phi) is 5.71. The first-order valence-electron chi connectivity index (χ1n) is 9.34. The van der Waals surface area contributed by atoms with Gasteiger partial charge in [-0.2, -0.15) is 0 Å². The Hall–Kier alpha value is -2.62. The van der Waals surface area contributed by atoms with Crippen LogP contribution >= 0.6 is 0 Å². The maximum Gasteiger partial charge on any atom is 0.220 e. The Labute approximate surface area is 155 Å². The van der Waals surface area contributed by atoms with Crippen molar-refractivity contribution in [2.75, 3.05) is 0 Å². The molecule has 3 aromatic rings. The van der Waals surface area contributed by atoms with Crippen LogP contribution in [0.25, 0.3) is 10.9 Å². The van der Waals surface area contributed by atoms with Gasteiger partial charge in [0.25, 0.3) is 0 Å². The Morgan fingerprint density at radius 2 is 1.96 bits per heavy atom. The van der Waals surface area contributed by atoms with Crippen molar-refractivity contribution >= 4 is 16.8 Å². The van der Waals surface area contributed by atoms with Gasteiger partial charge in [-0.1, -0.05) is 39.0 Å². The molecule has 0 saturated carbocycles. The molecule has 2 aromatic heterocycles. The third kappa shape index (κ3) is 3.96. The number of nitrogens with one attached hydrogen (secondary N) is 2. The summed E-state index contributed by atoms with van der Waals surface area (Å²) in [7, 11) is 0. The Morgan fingerprint density at radius 1 is 1.19 bits per heavy atom. The molecular formula is C22H27N3O. The van der Waals surface area contributed by atoms with E-state index in [9.17, 15) is 4.79 Å². The number of aryl methyl sites for hydroxylation is 1. The van der Waals surface area contributed by atoms with Crippen molar-refractivity contribution in [1.29, 1.82) is 0 Å². The number of aromatic nitrogens is 2. The fourth-order valence-corrected chi connectivity index (χ4v) is 3.52. The number of hydrogen-bond acceptors (Lipinski definition) is 2. The quantitative estimate of drug-likeness (QED) is 0.656. The van der Waals surface area contributed by atoms with Crippen molar-refractivity contribution in [3.05, 3.63) is 65.6 Å². The van der Waals surface area contributed by atoms with Gasteiger partial charge in [-0.15, -0.1) is 0 Å². The Morgan fingerprint density at radius 3 is 2.65 bits per heavy atom. The second-order valence-electron chi connectivity index (χ2n) is 7.12. The van der Waals surface area contributed by atoms with E-state index in [1.165, 1.54) is 22.0 Å². The van der Waals surface area contributed by atoms with Gasteiger partial charge in [0, 0.05) is 42.5 Å². The van der Waals surface area contributed by atoms with Gasteiger partial charge >= 0.3 is 0 Å². The summed E-state index contributed by atoms with van der Waals surface area (Å²) < 4.78 is 0. The van der Waals surface area contributed by atoms with Crippen LogP contribution in [0.3, 0.4) is 0 Å². The molecule has 2 N–H and O–H groups in total. The average Bonchev–Trinajstić information content (AvgIpc) is 3.09. The molecule has 0 saturated heterocycles. The van der Waals surface area contributed by atoms with Crippen LogP contribution in [0.2, 0.25) is 0 Å². The summed E-state index contributed by atoms with van der Waals surface area (Å²) in [5, 5.41) is 4.28. The van der Waals surface area contributed by atoms with Crippen molar-refractivity contribution in [1.82, 2.24) is 15.3 Å². The van der Waals surface area contributed by atoms with Gasteiger partial charge in [-0.05, 0) is 47.1 Å². The number of carbonyl (C=O) groups is 1. The minimum atomic E-state index is 0.0847. The van der Waals surface area contributed by atoms with Crippen LogP contribution in [0, 0.1) is 5.92 Å². The van der Waals surface area contributed by atoms with E-state index in [0.717, 1.165) is 12.0 Å². The van der Waals surface area contributed by atoms with E-state index in [2.05, 4.69) is 60.5 Å². The highest BCUT2D eigenvalue weighted by atomic mass is 16.1. The zero-order chi connectivity index (χ0) is 18.5. The topological polar surface area (TPSA) is 57.8 Å². The number of H-pyrrole nitrogens is 1. The SMILES string of the molecule is CCc1cccc2c([C@H](CC(=O)NCc3ccncc3)C(C)C)c[nH]c12. The van der Waals surface area contributed by atoms with Gasteiger partial charge < -0.3 is 10.3 Å². The molecule has 26 heavy (non-hydrogen) atoms. The zero-order valence-corrected chi connectivity index (χ0v) is 15.8. The molecule has 2 heterocycles. The number of benzene rings is 1. The smallest absolute Gasteiger partial charge is 0.220 e. The second kappa shape index (κ2) is 8.17. The van der Waals surface area contributed by atoms with Crippen LogP contribution < -0.4 is 5.32 Å². The van der Waals surface area contributed by atoms with Crippen molar-refractivity contribution in [3.8, 4) is 0 Å². The monoisotopic (exact) mass is 349 g/mol. The lowest BCUT2D eigenvalue weighted by Crippen LogP contribution is -2.26. The predicted molar refractivity (Wildman–Crippen MR) is 106 cm³/mol. The minimum Gasteiger partial charge on any atom is -0.361 e. The van der Waals surface area contributed by atoms with Crippen LogP contribution in [-0.4, -0.2) is 15.9 Å². The molecule has 3 rings (SSSR count). The van der Waals surface area contributed by atoms with E-state index in [4.69, 9.17) is 0 Å². The molecular weight excluding hydrogens is 322 g/mol. The number of para-hydroxylation sites is 1. The fourth-order valence-electron chi connectivity index (χ4n) is 3.52. The maximum absolute atomic E-state index is 12.5. The summed E-state index contributed by atoms with van der Waals surface area (Å²) in [5.74, 6) is 0.653. The molecule has 0 fully saturated rings. The normalized spacial score (nSPS) is 12.5. The first-order chi connectivity index (χ1) is 12.6. The van der Waals surface area contributed by atoms with Crippen LogP contribution in [0.4, 0.5) is 0 Å². The summed E-state index contributed by atoms with van der Waals surface area (Å²) in [6.07, 6.45) is 7.07. The average molecular weight is 349 g/mol. The molecule has 4 nitrogen and oxygen atoms in total. The predicted octanol–water partition coefficient (Wildman–Crippen LogP) is 4.57. The number of amides is 1. The highest BCUT2D eigenvalue weighted by Gasteiger charge is 2.23. The molecule has 1 atom stereocenters. The van der Waals surface area contributed by atoms with Crippen LogP contribution in [0.15, 0.2) is 48.9 Å². The Balaban J connectivity index is 1.76. The summed E-state index contributed by atoms with van der Waals surface area (Å²) in [6, 6.07) is 10.3. The second-order valence-corrected chi connectivity index (χ2v) is 7.12. The number of rotatable bonds is 7. The molecule has 1 amide bonds. The van der Waals surface area contributed by atoms with E-state index < -0.39 is 0 Å². The highest BCUT2D eigenvalue weighted by Crippen LogP contribution is 2.34. The molecule has 0 aliphatic rings. The standard InChI is InChI=1S/C22H27N3O/c1-4-17-6-5-7-18-20(14-25-22(17)18)19(15(2)3)12-21(26)24-13-16-8-10-23-11-9-16/h5-11,14-15,19,25H,4,12-13H2,1-3H3,(H,24,26)/t19-/m1/s1. The maximum atomic E-state index is 12.5. The molecule has 4 heteroatoms. The minimum absolute atomic E-state index is 0.0847. The van der Waals surface area contributed by atoms with Gasteiger partial charge in [-0.3, -0.25) is 9.78 Å². The molecule has 0 aliphatic carbocycles. The zero-order valence-electron chi connectivity index (χ0n) is 15.8. The van der Waals surface area contributed by atoms with Gasteiger partial charge in [0.05, 0.1) is 0 Å². The number of pyridine rings is 1. The molecule has 0 radical (unpaired) electrons. The van der Waals surface area contributed by atoms with Crippen LogP contribution in [0.1, 0.15) is 49.8 Å². The van der Waals surface area contributed by atoms with Crippen molar-refractivity contribution in [2.24, 2.45) is 5.92 Å². The number of hydrogen-bond donors (Lipinski definition) is 2. The van der Waals surface area contributed by atoms with Crippen LogP contribution in [-0.2, 0) is 17.8 Å². The molecule has 0 unspecified atom stereocenters. The lowest BCUT2D eigenvalue weighted by atomic mass is 9.85. The summed E-state index contributed by atoms with van der Waals surface area (Å²) in [4.78, 5) is 20.0. The lowest BCUT2D eigenvalue weighted by Gasteiger charge is -2.20. The van der Waals surface area contributed by atoms with E-state index >= 15 is 0 Å². The number of aromatic amines is 1. The molecule has 136 valence electrons. The van der Waals surface area contributed by atoms with Crippen LogP contribution in [0.5, 0.6) is 0 Å². The third-order valence-electron chi connectivity index (χ3n) is 5.06. The highest BCUT2D eigenvalue weighted by molar-refractivity contribution is 5.87. The van der Waals surface area contributed by atoms with Gasteiger partial charge in [0.15, 0.2) is 0 Å². The fraction of sp³-hybridized carbons (Fsp3) is 0.364. The number of carbonyl (C=O) groups excluding carboxylic acids is 1. The summed E-state index contributed by atoms with van der Waals surface area (Å²) in [6.45, 7) is 7.08. The first-order valence-corrected chi connectivity index (χ1v) is 9.34. The molecule has 0 bridgehead atoms. The van der Waals surface area contributed by atoms with Crippen molar-refractivity contribution < 1.29 is 4.79 Å². The molecule has 0 spiro atoms. The molecule has 1 aromatic carbocycles. The van der Waals surface area contributed by atoms with E-state index in [0.29, 0.717) is 18.9 Å². The number of nitrogens with zero attached hydrogens (tertiary/aromatic N) is 1. The lowest BCUT2D eigenvalue weighted by molar-refractivity contribution is -0.121. The van der Waals surface area contributed by atoms with E-state index in [1.807, 2.05) is 12.1 Å². The number of fused-ring (bicyclic) bond motifs is 1. The molecule has 0 aliphatic heterocycles. The largest absolute Gasteiger partial charge is 0.361 e. The summed E-state index contributed by atoms with van der Waals surface area (Å²) in [5.41, 5.74) is 4.82. The first kappa shape index (κ1) is 18.2.